The fourth-order valence-electron chi connectivity index (χ4n) is 12.1. The average molecular weight is 587 g/mol. The second-order valence-corrected chi connectivity index (χ2v) is 15.9. The maximum absolute atomic E-state index is 3.04. The summed E-state index contributed by atoms with van der Waals surface area (Å²) in [5.74, 6) is 5.83. The van der Waals surface area contributed by atoms with E-state index in [2.05, 4.69) is 88.7 Å². The van der Waals surface area contributed by atoms with Gasteiger partial charge >= 0.3 is 0 Å². The predicted molar refractivity (Wildman–Crippen MR) is 183 cm³/mol. The Balaban J connectivity index is 0.945. The monoisotopic (exact) mass is 586 g/mol. The zero-order chi connectivity index (χ0) is 29.0. The van der Waals surface area contributed by atoms with Gasteiger partial charge in [0.1, 0.15) is 0 Å². The van der Waals surface area contributed by atoms with Gasteiger partial charge in [0.2, 0.25) is 0 Å². The van der Waals surface area contributed by atoms with E-state index in [1.54, 1.807) is 5.70 Å². The summed E-state index contributed by atoms with van der Waals surface area (Å²) in [5.41, 5.74) is 5.07. The number of likely N-dealkylation sites (tertiary alicyclic amines) is 1. The standard InChI is InChI=1S/C42H54N2/c1-3-11-29(12-4-1)30-19-23-34(24-20-30)44-40-18-10-8-16-36(40)38-28-32(22-26-42(38)44)31-21-25-41-37(27-31)35-15-7-9-17-39(35)43(41)33-13-5-2-6-14-33/h1-3,5-6,8-9,13-14,16-17,23,28-31,35-42H,4,7,10-12,15,18-22,24-27H2. The highest BCUT2D eigenvalue weighted by Gasteiger charge is 2.53. The molecular formula is C42H54N2. The molecule has 2 aliphatic heterocycles. The molecule has 0 aromatic heterocycles. The molecule has 11 unspecified atom stereocenters. The highest BCUT2D eigenvalue weighted by atomic mass is 15.2. The van der Waals surface area contributed by atoms with Crippen molar-refractivity contribution in [1.29, 1.82) is 0 Å². The van der Waals surface area contributed by atoms with Crippen molar-refractivity contribution in [2.24, 2.45) is 41.4 Å². The molecule has 6 aliphatic carbocycles. The fraction of sp³-hybridized carbons (Fsp3) is 0.619. The lowest BCUT2D eigenvalue weighted by atomic mass is 9.67. The Bertz CT molecular complexity index is 1350. The van der Waals surface area contributed by atoms with Gasteiger partial charge in [0.05, 0.1) is 6.04 Å². The molecule has 44 heavy (non-hydrogen) atoms. The number of nitrogens with zero attached hydrogens (tertiary/aromatic N) is 2. The lowest BCUT2D eigenvalue weighted by Crippen LogP contribution is -2.41. The first-order valence-electron chi connectivity index (χ1n) is 18.8. The number of rotatable bonds is 4. The van der Waals surface area contributed by atoms with Gasteiger partial charge in [0.15, 0.2) is 0 Å². The van der Waals surface area contributed by atoms with E-state index in [1.165, 1.54) is 102 Å². The maximum Gasteiger partial charge on any atom is 0.0508 e. The van der Waals surface area contributed by atoms with E-state index in [-0.39, 0.29) is 0 Å². The normalized spacial score (nSPS) is 42.7. The van der Waals surface area contributed by atoms with E-state index >= 15 is 0 Å². The number of anilines is 1. The fourth-order valence-corrected chi connectivity index (χ4v) is 12.1. The molecule has 0 N–H and O–H groups in total. The zero-order valence-electron chi connectivity index (χ0n) is 26.9. The first-order valence-corrected chi connectivity index (χ1v) is 18.8. The van der Waals surface area contributed by atoms with Gasteiger partial charge in [-0.05, 0) is 138 Å². The molecule has 1 aromatic carbocycles. The van der Waals surface area contributed by atoms with Crippen LogP contribution in [-0.4, -0.2) is 29.1 Å². The first-order chi connectivity index (χ1) is 21.8. The van der Waals surface area contributed by atoms with Gasteiger partial charge in [-0.25, -0.2) is 0 Å². The van der Waals surface area contributed by atoms with Crippen molar-refractivity contribution < 1.29 is 0 Å². The number of allylic oxidation sites excluding steroid dienone is 7. The molecule has 8 aliphatic rings. The molecule has 0 radical (unpaired) electrons. The van der Waals surface area contributed by atoms with E-state index in [0.717, 1.165) is 59.6 Å². The molecule has 2 nitrogen and oxygen atoms in total. The van der Waals surface area contributed by atoms with E-state index in [0.29, 0.717) is 6.04 Å². The van der Waals surface area contributed by atoms with Gasteiger partial charge in [-0.2, -0.15) is 0 Å². The number of benzene rings is 1. The molecule has 1 saturated carbocycles. The van der Waals surface area contributed by atoms with Crippen LogP contribution in [0.15, 0.2) is 90.2 Å². The SMILES string of the molecule is C1=CCC(C2CC=C(N3C4CCC=CC4C4C=C(C5CCC6C(C5)C5CCC=CC5N6c5ccccc5)CCC43)CC2)CC1. The summed E-state index contributed by atoms with van der Waals surface area (Å²) in [6.45, 7) is 0. The minimum absolute atomic E-state index is 0.610. The number of fused-ring (bicyclic) bond motifs is 6. The zero-order valence-corrected chi connectivity index (χ0v) is 26.9. The van der Waals surface area contributed by atoms with Crippen molar-refractivity contribution >= 4 is 5.69 Å². The third kappa shape index (κ3) is 4.72. The van der Waals surface area contributed by atoms with Crippen molar-refractivity contribution in [3.8, 4) is 0 Å². The molecule has 1 aromatic rings. The summed E-state index contributed by atoms with van der Waals surface area (Å²) in [6, 6.07) is 14.2. The number of hydrogen-bond donors (Lipinski definition) is 0. The van der Waals surface area contributed by atoms with Gasteiger partial charge < -0.3 is 9.80 Å². The van der Waals surface area contributed by atoms with Crippen LogP contribution in [0.3, 0.4) is 0 Å². The number of para-hydroxylation sites is 1. The van der Waals surface area contributed by atoms with Crippen LogP contribution in [0.5, 0.6) is 0 Å². The predicted octanol–water partition coefficient (Wildman–Crippen LogP) is 10.0. The lowest BCUT2D eigenvalue weighted by Gasteiger charge is -2.42. The molecule has 2 heterocycles. The summed E-state index contributed by atoms with van der Waals surface area (Å²) in [6.07, 6.45) is 41.2. The van der Waals surface area contributed by atoms with Crippen molar-refractivity contribution in [3.63, 3.8) is 0 Å². The lowest BCUT2D eigenvalue weighted by molar-refractivity contribution is 0.182. The van der Waals surface area contributed by atoms with Crippen LogP contribution in [0.1, 0.15) is 96.3 Å². The van der Waals surface area contributed by atoms with Crippen LogP contribution < -0.4 is 4.90 Å². The molecule has 0 amide bonds. The second-order valence-electron chi connectivity index (χ2n) is 15.9. The second kappa shape index (κ2) is 11.7. The van der Waals surface area contributed by atoms with E-state index < -0.39 is 0 Å². The molecule has 11 atom stereocenters. The van der Waals surface area contributed by atoms with Gasteiger partial charge in [-0.15, -0.1) is 0 Å². The Labute approximate surface area is 267 Å². The van der Waals surface area contributed by atoms with Gasteiger partial charge in [-0.1, -0.05) is 72.4 Å². The van der Waals surface area contributed by atoms with Crippen LogP contribution in [0, 0.1) is 41.4 Å². The Morgan fingerprint density at radius 2 is 1.43 bits per heavy atom. The Hall–Kier alpha value is -2.48. The van der Waals surface area contributed by atoms with E-state index in [4.69, 9.17) is 0 Å². The van der Waals surface area contributed by atoms with Crippen molar-refractivity contribution in [2.45, 2.75) is 120 Å². The summed E-state index contributed by atoms with van der Waals surface area (Å²) in [7, 11) is 0. The van der Waals surface area contributed by atoms with Crippen molar-refractivity contribution in [3.05, 3.63) is 90.2 Å². The topological polar surface area (TPSA) is 6.48 Å². The van der Waals surface area contributed by atoms with E-state index in [9.17, 15) is 0 Å². The van der Waals surface area contributed by atoms with Crippen LogP contribution >= 0.6 is 0 Å². The minimum Gasteiger partial charge on any atom is -0.368 e. The summed E-state index contributed by atoms with van der Waals surface area (Å²) >= 11 is 0. The minimum atomic E-state index is 0.610. The highest BCUT2D eigenvalue weighted by molar-refractivity contribution is 5.52. The molecule has 9 rings (SSSR count). The van der Waals surface area contributed by atoms with Gasteiger partial charge in [0.25, 0.3) is 0 Å². The molecule has 232 valence electrons. The summed E-state index contributed by atoms with van der Waals surface area (Å²) in [4.78, 5) is 5.89. The van der Waals surface area contributed by atoms with Gasteiger partial charge in [-0.3, -0.25) is 0 Å². The Kier molecular flexibility index (Phi) is 7.40. The molecule has 2 heteroatoms. The first kappa shape index (κ1) is 27.8. The Morgan fingerprint density at radius 3 is 2.30 bits per heavy atom. The third-order valence-corrected chi connectivity index (χ3v) is 14.0. The molecule has 0 spiro atoms. The molecular weight excluding hydrogens is 532 g/mol. The third-order valence-electron chi connectivity index (χ3n) is 14.0. The average Bonchev–Trinajstić information content (AvgIpc) is 3.61. The molecule has 2 saturated heterocycles. The number of hydrogen-bond acceptors (Lipinski definition) is 2. The van der Waals surface area contributed by atoms with Crippen LogP contribution in [-0.2, 0) is 0 Å². The largest absolute Gasteiger partial charge is 0.368 e. The van der Waals surface area contributed by atoms with Crippen molar-refractivity contribution in [2.75, 3.05) is 4.90 Å². The molecule has 3 fully saturated rings. The van der Waals surface area contributed by atoms with E-state index in [1.807, 2.05) is 5.57 Å². The summed E-state index contributed by atoms with van der Waals surface area (Å²) < 4.78 is 0. The van der Waals surface area contributed by atoms with Crippen molar-refractivity contribution in [1.82, 2.24) is 4.90 Å². The highest BCUT2D eigenvalue weighted by Crippen LogP contribution is 2.55. The Morgan fingerprint density at radius 1 is 0.591 bits per heavy atom. The van der Waals surface area contributed by atoms with Crippen LogP contribution in [0.4, 0.5) is 5.69 Å². The van der Waals surface area contributed by atoms with Crippen LogP contribution in [0.25, 0.3) is 0 Å². The maximum atomic E-state index is 3.04. The smallest absolute Gasteiger partial charge is 0.0508 e. The molecule has 0 bridgehead atoms. The van der Waals surface area contributed by atoms with Gasteiger partial charge in [0, 0.05) is 41.3 Å². The summed E-state index contributed by atoms with van der Waals surface area (Å²) in [5, 5.41) is 0. The van der Waals surface area contributed by atoms with Crippen LogP contribution in [0.2, 0.25) is 0 Å². The quantitative estimate of drug-likeness (QED) is 0.324.